The molecule has 1 aliphatic carbocycles. The number of allylic oxidation sites excluding steroid dienone is 1. The van der Waals surface area contributed by atoms with Crippen LogP contribution in [-0.2, 0) is 6.42 Å². The Bertz CT molecular complexity index is 3180. The molecule has 1 heterocycles. The number of rotatable bonds is 6. The number of para-hydroxylation sites is 2. The van der Waals surface area contributed by atoms with Gasteiger partial charge in [0.1, 0.15) is 11.2 Å². The third-order valence-corrected chi connectivity index (χ3v) is 11.5. The predicted octanol–water partition coefficient (Wildman–Crippen LogP) is 15.3. The van der Waals surface area contributed by atoms with Crippen LogP contribution in [0.3, 0.4) is 0 Å². The first-order valence-corrected chi connectivity index (χ1v) is 19.5. The van der Waals surface area contributed by atoms with E-state index in [0.29, 0.717) is 0 Å². The molecule has 1 aromatic heterocycles. The van der Waals surface area contributed by atoms with E-state index in [2.05, 4.69) is 193 Å². The van der Waals surface area contributed by atoms with Crippen molar-refractivity contribution in [3.05, 3.63) is 204 Å². The van der Waals surface area contributed by atoms with E-state index < -0.39 is 0 Å². The van der Waals surface area contributed by atoms with E-state index in [9.17, 15) is 0 Å². The van der Waals surface area contributed by atoms with Gasteiger partial charge in [0.15, 0.2) is 0 Å². The highest BCUT2D eigenvalue weighted by Gasteiger charge is 2.19. The molecule has 0 aliphatic heterocycles. The Morgan fingerprint density at radius 3 is 2.18 bits per heavy atom. The molecule has 56 heavy (non-hydrogen) atoms. The summed E-state index contributed by atoms with van der Waals surface area (Å²) in [7, 11) is 0. The summed E-state index contributed by atoms with van der Waals surface area (Å²) in [5.41, 5.74) is 12.7. The molecule has 10 aromatic rings. The summed E-state index contributed by atoms with van der Waals surface area (Å²) in [6.45, 7) is 0. The topological polar surface area (TPSA) is 16.4 Å². The molecule has 0 unspecified atom stereocenters. The number of aryl methyl sites for hydroxylation is 1. The van der Waals surface area contributed by atoms with E-state index in [1.54, 1.807) is 0 Å². The quantitative estimate of drug-likeness (QED) is 0.126. The molecule has 2 heteroatoms. The summed E-state index contributed by atoms with van der Waals surface area (Å²) in [6, 6.07) is 63.5. The number of nitrogens with zero attached hydrogens (tertiary/aromatic N) is 1. The number of benzene rings is 9. The van der Waals surface area contributed by atoms with Crippen LogP contribution in [0, 0.1) is 0 Å². The lowest BCUT2D eigenvalue weighted by Crippen LogP contribution is -2.11. The molecule has 0 atom stereocenters. The van der Waals surface area contributed by atoms with Crippen molar-refractivity contribution < 1.29 is 4.42 Å². The summed E-state index contributed by atoms with van der Waals surface area (Å²) in [5, 5.41) is 9.85. The van der Waals surface area contributed by atoms with Gasteiger partial charge in [0, 0.05) is 33.1 Å². The van der Waals surface area contributed by atoms with Gasteiger partial charge in [0.05, 0.1) is 5.69 Å². The standard InChI is InChI=1S/C54H37NO/c1-2-11-37(12-3-1)45-16-6-8-19-50(45)55(44-32-34-47-42(35-44)29-33-49-48-18-7-9-20-51(48)56-54(47)49)43-30-22-36(23-31-43)21-24-39-14-10-15-40-27-28-41-26-25-38-13-4-5-17-46(38)53(41)52(39)40/h1-4,6-16,18-35H,5,17H2. The number of furan rings is 1. The molecule has 0 N–H and O–H groups in total. The molecular formula is C54H37NO. The van der Waals surface area contributed by atoms with Crippen molar-refractivity contribution in [1.82, 2.24) is 0 Å². The van der Waals surface area contributed by atoms with Crippen molar-refractivity contribution in [3.8, 4) is 11.1 Å². The first-order valence-electron chi connectivity index (χ1n) is 19.5. The molecule has 0 fully saturated rings. The summed E-state index contributed by atoms with van der Waals surface area (Å²) >= 11 is 0. The van der Waals surface area contributed by atoms with E-state index >= 15 is 0 Å². The number of hydrogen-bond donors (Lipinski definition) is 0. The molecule has 0 radical (unpaired) electrons. The molecule has 0 bridgehead atoms. The fourth-order valence-corrected chi connectivity index (χ4v) is 8.83. The van der Waals surface area contributed by atoms with Gasteiger partial charge in [-0.15, -0.1) is 0 Å². The lowest BCUT2D eigenvalue weighted by molar-refractivity contribution is 0.672. The number of hydrogen-bond acceptors (Lipinski definition) is 2. The third kappa shape index (κ3) is 5.41. The first-order chi connectivity index (χ1) is 27.8. The average Bonchev–Trinajstić information content (AvgIpc) is 3.65. The Kier molecular flexibility index (Phi) is 7.67. The SMILES string of the molecule is C1=Cc2ccc3ccc4cccc(C=Cc5ccc(N(c6ccc7c(ccc8c9ccccc9oc78)c6)c6ccccc6-c6ccccc6)cc5)c4c3c2CC1. The largest absolute Gasteiger partial charge is 0.455 e. The van der Waals surface area contributed by atoms with Gasteiger partial charge in [-0.05, 0) is 116 Å². The fraction of sp³-hybridized carbons (Fsp3) is 0.0370. The fourth-order valence-electron chi connectivity index (χ4n) is 8.83. The minimum Gasteiger partial charge on any atom is -0.455 e. The van der Waals surface area contributed by atoms with Crippen LogP contribution in [-0.4, -0.2) is 0 Å². The second-order valence-corrected chi connectivity index (χ2v) is 14.8. The molecule has 0 amide bonds. The molecule has 264 valence electrons. The zero-order valence-corrected chi connectivity index (χ0v) is 30.8. The second-order valence-electron chi connectivity index (χ2n) is 14.8. The van der Waals surface area contributed by atoms with Gasteiger partial charge in [-0.3, -0.25) is 0 Å². The summed E-state index contributed by atoms with van der Waals surface area (Å²) in [6.07, 6.45) is 11.3. The maximum Gasteiger partial charge on any atom is 0.143 e. The van der Waals surface area contributed by atoms with Crippen molar-refractivity contribution in [2.24, 2.45) is 0 Å². The minimum absolute atomic E-state index is 0.914. The van der Waals surface area contributed by atoms with Crippen molar-refractivity contribution in [1.29, 1.82) is 0 Å². The monoisotopic (exact) mass is 715 g/mol. The first kappa shape index (κ1) is 32.3. The number of anilines is 3. The Hall–Kier alpha value is -7.16. The van der Waals surface area contributed by atoms with E-state index in [1.807, 2.05) is 12.1 Å². The second kappa shape index (κ2) is 13.3. The molecule has 9 aromatic carbocycles. The van der Waals surface area contributed by atoms with Crippen molar-refractivity contribution in [2.45, 2.75) is 12.8 Å². The predicted molar refractivity (Wildman–Crippen MR) is 239 cm³/mol. The molecule has 1 aliphatic rings. The van der Waals surface area contributed by atoms with Crippen LogP contribution in [0.15, 0.2) is 186 Å². The Balaban J connectivity index is 1.02. The zero-order valence-electron chi connectivity index (χ0n) is 30.8. The van der Waals surface area contributed by atoms with Gasteiger partial charge < -0.3 is 9.32 Å². The highest BCUT2D eigenvalue weighted by molar-refractivity contribution is 6.16. The van der Waals surface area contributed by atoms with Crippen LogP contribution in [0.2, 0.25) is 0 Å². The van der Waals surface area contributed by atoms with Gasteiger partial charge >= 0.3 is 0 Å². The van der Waals surface area contributed by atoms with Crippen LogP contribution >= 0.6 is 0 Å². The Morgan fingerprint density at radius 1 is 0.518 bits per heavy atom. The molecule has 0 saturated carbocycles. The van der Waals surface area contributed by atoms with E-state index in [1.165, 1.54) is 49.4 Å². The van der Waals surface area contributed by atoms with E-state index in [-0.39, 0.29) is 0 Å². The van der Waals surface area contributed by atoms with Gasteiger partial charge in [0.2, 0.25) is 0 Å². The Morgan fingerprint density at radius 2 is 1.27 bits per heavy atom. The van der Waals surface area contributed by atoms with Gasteiger partial charge in [-0.1, -0.05) is 152 Å². The van der Waals surface area contributed by atoms with Crippen molar-refractivity contribution in [2.75, 3.05) is 4.90 Å². The van der Waals surface area contributed by atoms with Crippen LogP contribution in [0.25, 0.3) is 83.6 Å². The highest BCUT2D eigenvalue weighted by Crippen LogP contribution is 2.43. The maximum absolute atomic E-state index is 6.43. The van der Waals surface area contributed by atoms with E-state index in [4.69, 9.17) is 4.42 Å². The molecule has 11 rings (SSSR count). The maximum atomic E-state index is 6.43. The summed E-state index contributed by atoms with van der Waals surface area (Å²) in [4.78, 5) is 2.38. The molecule has 0 spiro atoms. The molecular weight excluding hydrogens is 679 g/mol. The summed E-state index contributed by atoms with van der Waals surface area (Å²) < 4.78 is 6.43. The normalized spacial score (nSPS) is 12.7. The molecule has 0 saturated heterocycles. The lowest BCUT2D eigenvalue weighted by Gasteiger charge is -2.28. The summed E-state index contributed by atoms with van der Waals surface area (Å²) in [5.74, 6) is 0. The van der Waals surface area contributed by atoms with Crippen molar-refractivity contribution >= 4 is 89.5 Å². The average molecular weight is 716 g/mol. The van der Waals surface area contributed by atoms with Gasteiger partial charge in [0.25, 0.3) is 0 Å². The minimum atomic E-state index is 0.914. The van der Waals surface area contributed by atoms with Crippen LogP contribution in [0.5, 0.6) is 0 Å². The van der Waals surface area contributed by atoms with Crippen molar-refractivity contribution in [3.63, 3.8) is 0 Å². The Labute approximate surface area is 325 Å². The highest BCUT2D eigenvalue weighted by atomic mass is 16.3. The lowest BCUT2D eigenvalue weighted by atomic mass is 9.87. The third-order valence-electron chi connectivity index (χ3n) is 11.5. The van der Waals surface area contributed by atoms with Crippen LogP contribution < -0.4 is 4.90 Å². The van der Waals surface area contributed by atoms with Crippen LogP contribution in [0.4, 0.5) is 17.1 Å². The zero-order chi connectivity index (χ0) is 37.0. The number of fused-ring (bicyclic) bond motifs is 10. The smallest absolute Gasteiger partial charge is 0.143 e. The molecule has 2 nitrogen and oxygen atoms in total. The van der Waals surface area contributed by atoms with Crippen LogP contribution in [0.1, 0.15) is 28.7 Å². The van der Waals surface area contributed by atoms with Gasteiger partial charge in [-0.25, -0.2) is 0 Å². The van der Waals surface area contributed by atoms with E-state index in [0.717, 1.165) is 68.2 Å². The van der Waals surface area contributed by atoms with Gasteiger partial charge in [-0.2, -0.15) is 0 Å².